The zero-order chi connectivity index (χ0) is 24.9. The van der Waals surface area contributed by atoms with Crippen LogP contribution in [0, 0.1) is 5.92 Å². The minimum atomic E-state index is -0.324. The largest absolute Gasteiger partial charge is 0.352 e. The Balaban J connectivity index is 1.54. The fraction of sp³-hybridized carbons (Fsp3) is 0.346. The predicted octanol–water partition coefficient (Wildman–Crippen LogP) is 5.90. The van der Waals surface area contributed by atoms with Gasteiger partial charge in [-0.1, -0.05) is 46.4 Å². The summed E-state index contributed by atoms with van der Waals surface area (Å²) >= 11 is 1.59. The molecule has 0 spiro atoms. The van der Waals surface area contributed by atoms with Gasteiger partial charge in [0.2, 0.25) is 0 Å². The number of hydrogen-bond acceptors (Lipinski definition) is 4. The molecule has 0 atom stereocenters. The molecule has 3 rings (SSSR count). The number of amides is 3. The molecule has 3 N–H and O–H groups in total. The van der Waals surface area contributed by atoms with E-state index in [0.717, 1.165) is 15.5 Å². The molecule has 0 bridgehead atoms. The number of urea groups is 1. The molecule has 0 saturated carbocycles. The summed E-state index contributed by atoms with van der Waals surface area (Å²) < 4.78 is 1.67. The summed E-state index contributed by atoms with van der Waals surface area (Å²) in [5.41, 5.74) is 2.16. The van der Waals surface area contributed by atoms with Gasteiger partial charge in [0.15, 0.2) is 0 Å². The number of carbonyl (C=O) groups is 2. The number of aryl methyl sites for hydroxylation is 1. The number of benzene rings is 2. The third-order valence-corrected chi connectivity index (χ3v) is 6.04. The molecule has 0 saturated heterocycles. The van der Waals surface area contributed by atoms with E-state index < -0.39 is 0 Å². The van der Waals surface area contributed by atoms with E-state index in [1.807, 2.05) is 61.6 Å². The minimum absolute atomic E-state index is 0.0558. The Morgan fingerprint density at radius 2 is 1.56 bits per heavy atom. The van der Waals surface area contributed by atoms with Gasteiger partial charge in [-0.3, -0.25) is 14.8 Å². The number of aromatic nitrogens is 2. The van der Waals surface area contributed by atoms with Gasteiger partial charge in [0.05, 0.1) is 5.69 Å². The van der Waals surface area contributed by atoms with Gasteiger partial charge in [-0.25, -0.2) is 4.79 Å². The number of nitrogens with zero attached hydrogens (tertiary/aromatic N) is 2. The topological polar surface area (TPSA) is 88.1 Å². The van der Waals surface area contributed by atoms with Crippen molar-refractivity contribution in [2.24, 2.45) is 13.0 Å². The van der Waals surface area contributed by atoms with Gasteiger partial charge in [0.25, 0.3) is 5.91 Å². The van der Waals surface area contributed by atoms with Crippen LogP contribution in [0.5, 0.6) is 0 Å². The van der Waals surface area contributed by atoms with Crippen LogP contribution in [0.15, 0.2) is 64.4 Å². The number of carbonyl (C=O) groups excluding carboxylic acids is 2. The smallest absolute Gasteiger partial charge is 0.324 e. The predicted molar refractivity (Wildman–Crippen MR) is 139 cm³/mol. The van der Waals surface area contributed by atoms with E-state index in [1.165, 1.54) is 0 Å². The van der Waals surface area contributed by atoms with E-state index in [0.29, 0.717) is 29.5 Å². The first-order chi connectivity index (χ1) is 16.0. The Labute approximate surface area is 205 Å². The maximum atomic E-state index is 12.4. The van der Waals surface area contributed by atoms with Crippen LogP contribution in [0.3, 0.4) is 0 Å². The zero-order valence-corrected chi connectivity index (χ0v) is 21.4. The second-order valence-electron chi connectivity index (χ2n) is 9.62. The third kappa shape index (κ3) is 7.12. The zero-order valence-electron chi connectivity index (χ0n) is 20.6. The summed E-state index contributed by atoms with van der Waals surface area (Å²) in [6, 6.07) is 16.7. The molecule has 7 nitrogen and oxygen atoms in total. The van der Waals surface area contributed by atoms with E-state index in [4.69, 9.17) is 0 Å². The Bertz CT molecular complexity index is 1130. The first-order valence-corrected chi connectivity index (χ1v) is 12.1. The molecule has 0 aliphatic heterocycles. The van der Waals surface area contributed by atoms with Crippen LogP contribution in [0.1, 0.15) is 50.7 Å². The van der Waals surface area contributed by atoms with Crippen LogP contribution in [0.4, 0.5) is 16.3 Å². The fourth-order valence-corrected chi connectivity index (χ4v) is 3.86. The molecule has 1 heterocycles. The molecule has 3 aromatic rings. The number of nitrogens with one attached hydrogen (secondary N) is 3. The summed E-state index contributed by atoms with van der Waals surface area (Å²) in [5.74, 6) is 0.995. The van der Waals surface area contributed by atoms with Crippen molar-refractivity contribution in [3.63, 3.8) is 0 Å². The van der Waals surface area contributed by atoms with Crippen LogP contribution >= 0.6 is 11.8 Å². The summed E-state index contributed by atoms with van der Waals surface area (Å²) in [6.45, 7) is 11.0. The second-order valence-corrected chi connectivity index (χ2v) is 10.8. The SMILES string of the molecule is CC(C)CNC(=O)c1ccc(Sc2ccc(NC(=O)Nc3cc(C(C)(C)C)nn3C)cc2)cc1. The van der Waals surface area contributed by atoms with Gasteiger partial charge < -0.3 is 10.6 Å². The maximum Gasteiger partial charge on any atom is 0.324 e. The molecule has 0 unspecified atom stereocenters. The highest BCUT2D eigenvalue weighted by Crippen LogP contribution is 2.29. The summed E-state index contributed by atoms with van der Waals surface area (Å²) in [4.78, 5) is 26.7. The molecule has 1 aromatic heterocycles. The van der Waals surface area contributed by atoms with Gasteiger partial charge in [-0.15, -0.1) is 0 Å². The average Bonchev–Trinajstić information content (AvgIpc) is 3.14. The molecule has 8 heteroatoms. The van der Waals surface area contributed by atoms with E-state index in [9.17, 15) is 9.59 Å². The van der Waals surface area contributed by atoms with Crippen LogP contribution in [-0.2, 0) is 12.5 Å². The van der Waals surface area contributed by atoms with Crippen LogP contribution in [-0.4, -0.2) is 28.3 Å². The molecule has 0 radical (unpaired) electrons. The van der Waals surface area contributed by atoms with Crippen molar-refractivity contribution < 1.29 is 9.59 Å². The maximum absolute atomic E-state index is 12.4. The molecular formula is C26H33N5O2S. The summed E-state index contributed by atoms with van der Waals surface area (Å²) in [7, 11) is 1.81. The van der Waals surface area contributed by atoms with Crippen molar-refractivity contribution in [2.75, 3.05) is 17.2 Å². The lowest BCUT2D eigenvalue weighted by molar-refractivity contribution is 0.0949. The number of hydrogen-bond donors (Lipinski definition) is 3. The van der Waals surface area contributed by atoms with Gasteiger partial charge in [-0.2, -0.15) is 5.10 Å². The molecule has 180 valence electrons. The van der Waals surface area contributed by atoms with Crippen LogP contribution in [0.25, 0.3) is 0 Å². The molecule has 3 amide bonds. The Morgan fingerprint density at radius 1 is 0.971 bits per heavy atom. The first kappa shape index (κ1) is 25.4. The Morgan fingerprint density at radius 3 is 2.09 bits per heavy atom. The molecular weight excluding hydrogens is 446 g/mol. The first-order valence-electron chi connectivity index (χ1n) is 11.3. The highest BCUT2D eigenvalue weighted by atomic mass is 32.2. The molecule has 0 aliphatic carbocycles. The van der Waals surface area contributed by atoms with Crippen molar-refractivity contribution in [2.45, 2.75) is 49.8 Å². The van der Waals surface area contributed by atoms with Gasteiger partial charge >= 0.3 is 6.03 Å². The quantitative estimate of drug-likeness (QED) is 0.394. The van der Waals surface area contributed by atoms with Crippen molar-refractivity contribution in [3.05, 3.63) is 65.9 Å². The average molecular weight is 480 g/mol. The van der Waals surface area contributed by atoms with Gasteiger partial charge in [-0.05, 0) is 54.4 Å². The number of anilines is 2. The van der Waals surface area contributed by atoms with Crippen molar-refractivity contribution in [1.82, 2.24) is 15.1 Å². The normalized spacial score (nSPS) is 11.4. The molecule has 2 aromatic carbocycles. The standard InChI is InChI=1S/C26H33N5O2S/c1-17(2)16-27-24(32)18-7-11-20(12-8-18)34-21-13-9-19(10-14-21)28-25(33)29-23-15-22(26(3,4)5)30-31(23)6/h7-15,17H,16H2,1-6H3,(H,27,32)(H2,28,29,33). The van der Waals surface area contributed by atoms with Crippen LogP contribution in [0.2, 0.25) is 0 Å². The van der Waals surface area contributed by atoms with E-state index in [2.05, 4.69) is 55.7 Å². The molecule has 0 aliphatic rings. The monoisotopic (exact) mass is 479 g/mol. The lowest BCUT2D eigenvalue weighted by Gasteiger charge is -2.13. The lowest BCUT2D eigenvalue weighted by Crippen LogP contribution is -2.27. The van der Waals surface area contributed by atoms with Gasteiger partial charge in [0, 0.05) is 46.1 Å². The fourth-order valence-electron chi connectivity index (χ4n) is 3.05. The number of rotatable bonds is 7. The van der Waals surface area contributed by atoms with Crippen molar-refractivity contribution in [3.8, 4) is 0 Å². The van der Waals surface area contributed by atoms with Crippen molar-refractivity contribution >= 4 is 35.2 Å². The minimum Gasteiger partial charge on any atom is -0.352 e. The lowest BCUT2D eigenvalue weighted by atomic mass is 9.92. The van der Waals surface area contributed by atoms with Crippen molar-refractivity contribution in [1.29, 1.82) is 0 Å². The molecule has 0 fully saturated rings. The highest BCUT2D eigenvalue weighted by Gasteiger charge is 2.19. The highest BCUT2D eigenvalue weighted by molar-refractivity contribution is 7.99. The van der Waals surface area contributed by atoms with Gasteiger partial charge in [0.1, 0.15) is 5.82 Å². The van der Waals surface area contributed by atoms with E-state index >= 15 is 0 Å². The summed E-state index contributed by atoms with van der Waals surface area (Å²) in [6.07, 6.45) is 0. The Kier molecular flexibility index (Phi) is 8.04. The third-order valence-electron chi connectivity index (χ3n) is 5.03. The van der Waals surface area contributed by atoms with E-state index in [1.54, 1.807) is 16.4 Å². The molecule has 34 heavy (non-hydrogen) atoms. The van der Waals surface area contributed by atoms with Crippen LogP contribution < -0.4 is 16.0 Å². The Hall–Kier alpha value is -3.26. The second kappa shape index (κ2) is 10.8. The van der Waals surface area contributed by atoms with E-state index in [-0.39, 0.29) is 17.4 Å². The summed E-state index contributed by atoms with van der Waals surface area (Å²) in [5, 5.41) is 13.1.